The fourth-order valence-electron chi connectivity index (χ4n) is 3.28. The Morgan fingerprint density at radius 2 is 1.17 bits per heavy atom. The minimum atomic E-state index is -0.581. The van der Waals surface area contributed by atoms with Crippen LogP contribution in [0.2, 0.25) is 0 Å². The summed E-state index contributed by atoms with van der Waals surface area (Å²) < 4.78 is 16.3. The van der Waals surface area contributed by atoms with E-state index in [-0.39, 0.29) is 17.6 Å². The highest BCUT2D eigenvalue weighted by Gasteiger charge is 2.24. The molecule has 0 heterocycles. The Balaban J connectivity index is 1.83. The van der Waals surface area contributed by atoms with Crippen LogP contribution in [0.15, 0.2) is 103 Å². The van der Waals surface area contributed by atoms with Crippen LogP contribution < -0.4 is 4.74 Å². The van der Waals surface area contributed by atoms with Crippen LogP contribution in [0.3, 0.4) is 0 Å². The Kier molecular flexibility index (Phi) is 8.22. The molecule has 0 N–H and O–H groups in total. The molecule has 0 fully saturated rings. The van der Waals surface area contributed by atoms with E-state index in [0.29, 0.717) is 22.7 Å². The van der Waals surface area contributed by atoms with E-state index in [1.54, 1.807) is 45.1 Å². The summed E-state index contributed by atoms with van der Waals surface area (Å²) in [7, 11) is 0. The molecule has 6 nitrogen and oxygen atoms in total. The molecule has 0 spiro atoms. The molecule has 0 saturated heterocycles. The second-order valence-electron chi connectivity index (χ2n) is 8.57. The van der Waals surface area contributed by atoms with Gasteiger partial charge in [-0.05, 0) is 55.7 Å². The van der Waals surface area contributed by atoms with Crippen molar-refractivity contribution in [3.05, 3.63) is 108 Å². The predicted octanol–water partition coefficient (Wildman–Crippen LogP) is 6.11. The quantitative estimate of drug-likeness (QED) is 0.255. The number of carbonyl (C=O) groups excluding carboxylic acids is 3. The molecule has 1 aliphatic carbocycles. The zero-order valence-electron chi connectivity index (χ0n) is 20.6. The molecule has 0 radical (unpaired) electrons. The molecule has 1 unspecified atom stereocenters. The van der Waals surface area contributed by atoms with Crippen molar-refractivity contribution in [3.63, 3.8) is 0 Å². The van der Waals surface area contributed by atoms with Crippen LogP contribution in [0.1, 0.15) is 32.8 Å². The number of allylic oxidation sites excluding steroid dienone is 2. The Hall–Kier alpha value is -4.45. The lowest BCUT2D eigenvalue weighted by Gasteiger charge is -2.23. The Bertz CT molecular complexity index is 1290. The van der Waals surface area contributed by atoms with E-state index < -0.39 is 24.0 Å². The van der Waals surface area contributed by atoms with Gasteiger partial charge < -0.3 is 14.2 Å². The molecule has 0 aliphatic heterocycles. The molecule has 0 bridgehead atoms. The first-order valence-corrected chi connectivity index (χ1v) is 11.3. The molecule has 6 heteroatoms. The van der Waals surface area contributed by atoms with Crippen LogP contribution in [0.4, 0.5) is 0 Å². The van der Waals surface area contributed by atoms with Gasteiger partial charge in [-0.3, -0.25) is 0 Å². The van der Waals surface area contributed by atoms with Gasteiger partial charge in [0.1, 0.15) is 17.6 Å². The van der Waals surface area contributed by atoms with Gasteiger partial charge in [0.25, 0.3) is 0 Å². The largest absolute Gasteiger partial charge is 0.454 e. The van der Waals surface area contributed by atoms with Gasteiger partial charge >= 0.3 is 17.9 Å². The fourth-order valence-corrected chi connectivity index (χ4v) is 3.28. The SMILES string of the molecule is C=C(C)C(=O)OC1=C(c2ccc(-c3ccc(OC(=O)C(=C)C)cc3)cc2)C=CC(OC(=O)C(=C)C)C1. The lowest BCUT2D eigenvalue weighted by Crippen LogP contribution is -2.21. The lowest BCUT2D eigenvalue weighted by atomic mass is 9.94. The van der Waals surface area contributed by atoms with Crippen LogP contribution in [-0.2, 0) is 23.9 Å². The van der Waals surface area contributed by atoms with E-state index >= 15 is 0 Å². The number of carbonyl (C=O) groups is 3. The normalized spacial score (nSPS) is 14.6. The van der Waals surface area contributed by atoms with E-state index in [1.807, 2.05) is 36.4 Å². The molecule has 2 aromatic carbocycles. The molecule has 0 saturated carbocycles. The Morgan fingerprint density at radius 1 is 0.694 bits per heavy atom. The van der Waals surface area contributed by atoms with Crippen molar-refractivity contribution in [1.29, 1.82) is 0 Å². The van der Waals surface area contributed by atoms with Gasteiger partial charge in [-0.15, -0.1) is 0 Å². The molecular weight excluding hydrogens is 456 g/mol. The van der Waals surface area contributed by atoms with Gasteiger partial charge in [-0.1, -0.05) is 62.2 Å². The molecule has 1 aliphatic rings. The minimum Gasteiger partial charge on any atom is -0.454 e. The van der Waals surface area contributed by atoms with Crippen molar-refractivity contribution in [1.82, 2.24) is 0 Å². The Morgan fingerprint density at radius 3 is 1.69 bits per heavy atom. The van der Waals surface area contributed by atoms with E-state index in [9.17, 15) is 14.4 Å². The van der Waals surface area contributed by atoms with Crippen LogP contribution in [0.25, 0.3) is 16.7 Å². The first-order valence-electron chi connectivity index (χ1n) is 11.3. The van der Waals surface area contributed by atoms with Crippen LogP contribution in [0, 0.1) is 0 Å². The maximum atomic E-state index is 12.3. The number of hydrogen-bond donors (Lipinski definition) is 0. The average molecular weight is 485 g/mol. The number of rotatable bonds is 8. The molecule has 0 aromatic heterocycles. The third-order valence-corrected chi connectivity index (χ3v) is 5.28. The summed E-state index contributed by atoms with van der Waals surface area (Å²) in [5.74, 6) is -0.704. The molecular formula is C30H28O6. The molecule has 184 valence electrons. The van der Waals surface area contributed by atoms with Crippen molar-refractivity contribution in [2.24, 2.45) is 0 Å². The van der Waals surface area contributed by atoms with Crippen molar-refractivity contribution < 1.29 is 28.6 Å². The van der Waals surface area contributed by atoms with Gasteiger partial charge in [0, 0.05) is 28.7 Å². The van der Waals surface area contributed by atoms with Crippen molar-refractivity contribution >= 4 is 23.5 Å². The smallest absolute Gasteiger partial charge is 0.338 e. The predicted molar refractivity (Wildman–Crippen MR) is 139 cm³/mol. The standard InChI is InChI=1S/C30H28O6/c1-18(2)28(31)34-24-13-11-22(12-14-24)21-7-9-23(10-8-21)26-16-15-25(35-29(32)19(3)4)17-27(26)36-30(33)20(5)6/h7-16,25H,1,3,5,17H2,2,4,6H3. The van der Waals surface area contributed by atoms with Crippen molar-refractivity contribution in [2.45, 2.75) is 33.3 Å². The van der Waals surface area contributed by atoms with E-state index in [2.05, 4.69) is 19.7 Å². The summed E-state index contributed by atoms with van der Waals surface area (Å²) in [6.45, 7) is 15.5. The zero-order valence-corrected chi connectivity index (χ0v) is 20.6. The second kappa shape index (κ2) is 11.3. The number of hydrogen-bond acceptors (Lipinski definition) is 6. The first kappa shape index (κ1) is 26.2. The van der Waals surface area contributed by atoms with Crippen LogP contribution >= 0.6 is 0 Å². The third-order valence-electron chi connectivity index (χ3n) is 5.28. The highest BCUT2D eigenvalue weighted by molar-refractivity contribution is 5.90. The van der Waals surface area contributed by atoms with E-state index in [1.165, 1.54) is 0 Å². The monoisotopic (exact) mass is 484 g/mol. The maximum absolute atomic E-state index is 12.3. The van der Waals surface area contributed by atoms with Gasteiger partial charge in [0.05, 0.1) is 0 Å². The van der Waals surface area contributed by atoms with Gasteiger partial charge in [0.15, 0.2) is 0 Å². The summed E-state index contributed by atoms with van der Waals surface area (Å²) in [5, 5.41) is 0. The Labute approximate surface area is 210 Å². The minimum absolute atomic E-state index is 0.204. The number of esters is 3. The molecule has 36 heavy (non-hydrogen) atoms. The van der Waals surface area contributed by atoms with Gasteiger partial charge in [-0.25, -0.2) is 14.4 Å². The number of benzene rings is 2. The van der Waals surface area contributed by atoms with Crippen molar-refractivity contribution in [2.75, 3.05) is 0 Å². The zero-order chi connectivity index (χ0) is 26.4. The fraction of sp³-hybridized carbons (Fsp3) is 0.167. The summed E-state index contributed by atoms with van der Waals surface area (Å²) in [6.07, 6.45) is 3.16. The van der Waals surface area contributed by atoms with Crippen molar-refractivity contribution in [3.8, 4) is 16.9 Å². The average Bonchev–Trinajstić information content (AvgIpc) is 2.84. The maximum Gasteiger partial charge on any atom is 0.338 e. The topological polar surface area (TPSA) is 78.9 Å². The second-order valence-corrected chi connectivity index (χ2v) is 8.57. The van der Waals surface area contributed by atoms with Gasteiger partial charge in [-0.2, -0.15) is 0 Å². The van der Waals surface area contributed by atoms with E-state index in [4.69, 9.17) is 14.2 Å². The van der Waals surface area contributed by atoms with Gasteiger partial charge in [0.2, 0.25) is 0 Å². The lowest BCUT2D eigenvalue weighted by molar-refractivity contribution is -0.142. The summed E-state index contributed by atoms with van der Waals surface area (Å²) >= 11 is 0. The summed E-state index contributed by atoms with van der Waals surface area (Å²) in [5.41, 5.74) is 4.30. The molecule has 3 rings (SSSR count). The first-order chi connectivity index (χ1) is 17.0. The highest BCUT2D eigenvalue weighted by Crippen LogP contribution is 2.32. The molecule has 0 amide bonds. The van der Waals surface area contributed by atoms with Crippen LogP contribution in [0.5, 0.6) is 5.75 Å². The summed E-state index contributed by atoms with van der Waals surface area (Å²) in [6, 6.07) is 14.9. The molecule has 2 aromatic rings. The summed E-state index contributed by atoms with van der Waals surface area (Å²) in [4.78, 5) is 35.9. The third kappa shape index (κ3) is 6.57. The molecule has 1 atom stereocenters. The van der Waals surface area contributed by atoms with E-state index in [0.717, 1.165) is 16.7 Å². The highest BCUT2D eigenvalue weighted by atomic mass is 16.6. The van der Waals surface area contributed by atoms with Crippen LogP contribution in [-0.4, -0.2) is 24.0 Å². The number of ether oxygens (including phenoxy) is 3.